The van der Waals surface area contributed by atoms with Gasteiger partial charge in [-0.05, 0) is 75.9 Å². The first-order valence-electron chi connectivity index (χ1n) is 10.7. The lowest BCUT2D eigenvalue weighted by Crippen LogP contribution is -2.47. The van der Waals surface area contributed by atoms with Gasteiger partial charge in [0.05, 0.1) is 0 Å². The number of nitrogens with zero attached hydrogens (tertiary/aromatic N) is 1. The molecular formula is C25H32F2N2O3. The third-order valence-electron chi connectivity index (χ3n) is 5.16. The van der Waals surface area contributed by atoms with Crippen LogP contribution in [-0.4, -0.2) is 42.1 Å². The molecule has 0 aliphatic heterocycles. The largest absolute Gasteiger partial charge is 0.444 e. The molecule has 2 rings (SSSR count). The molecule has 32 heavy (non-hydrogen) atoms. The van der Waals surface area contributed by atoms with Gasteiger partial charge in [0, 0.05) is 19.5 Å². The molecule has 0 aliphatic carbocycles. The molecule has 0 fully saturated rings. The van der Waals surface area contributed by atoms with Crippen molar-refractivity contribution in [2.75, 3.05) is 13.6 Å². The van der Waals surface area contributed by atoms with E-state index in [1.807, 2.05) is 0 Å². The zero-order valence-corrected chi connectivity index (χ0v) is 19.3. The number of carbonyl (C=O) groups is 2. The van der Waals surface area contributed by atoms with Crippen LogP contribution in [0.15, 0.2) is 48.5 Å². The van der Waals surface area contributed by atoms with E-state index in [1.54, 1.807) is 52.0 Å². The van der Waals surface area contributed by atoms with Gasteiger partial charge in [-0.25, -0.2) is 13.6 Å². The van der Waals surface area contributed by atoms with E-state index < -0.39 is 17.7 Å². The fraction of sp³-hybridized carbons (Fsp3) is 0.440. The Hall–Kier alpha value is -2.96. The molecule has 2 amide bonds. The summed E-state index contributed by atoms with van der Waals surface area (Å²) in [6.45, 7) is 7.34. The minimum atomic E-state index is -0.685. The molecule has 7 heteroatoms. The third-order valence-corrected chi connectivity index (χ3v) is 5.16. The van der Waals surface area contributed by atoms with Gasteiger partial charge in [-0.15, -0.1) is 0 Å². The second kappa shape index (κ2) is 11.1. The van der Waals surface area contributed by atoms with E-state index in [9.17, 15) is 18.4 Å². The molecule has 0 heterocycles. The number of hydrogen-bond donors (Lipinski definition) is 1. The van der Waals surface area contributed by atoms with Crippen molar-refractivity contribution in [3.05, 3.63) is 71.3 Å². The number of nitrogens with one attached hydrogen (secondary N) is 1. The summed E-state index contributed by atoms with van der Waals surface area (Å²) in [6, 6.07) is 11.8. The van der Waals surface area contributed by atoms with Gasteiger partial charge in [-0.3, -0.25) is 9.69 Å². The highest BCUT2D eigenvalue weighted by molar-refractivity contribution is 5.85. The van der Waals surface area contributed by atoms with Crippen LogP contribution < -0.4 is 5.32 Å². The second-order valence-corrected chi connectivity index (χ2v) is 8.86. The summed E-state index contributed by atoms with van der Waals surface area (Å²) < 4.78 is 32.0. The van der Waals surface area contributed by atoms with E-state index in [4.69, 9.17) is 4.74 Å². The van der Waals surface area contributed by atoms with Crippen LogP contribution in [0, 0.1) is 11.6 Å². The monoisotopic (exact) mass is 446 g/mol. The zero-order chi connectivity index (χ0) is 23.9. The van der Waals surface area contributed by atoms with Gasteiger partial charge in [0.2, 0.25) is 5.91 Å². The summed E-state index contributed by atoms with van der Waals surface area (Å²) in [4.78, 5) is 25.9. The predicted molar refractivity (Wildman–Crippen MR) is 120 cm³/mol. The second-order valence-electron chi connectivity index (χ2n) is 8.86. The van der Waals surface area contributed by atoms with Crippen LogP contribution in [0.4, 0.5) is 13.6 Å². The maximum Gasteiger partial charge on any atom is 0.410 e. The number of carbonyl (C=O) groups excluding carboxylic acids is 2. The van der Waals surface area contributed by atoms with Crippen molar-refractivity contribution < 1.29 is 23.1 Å². The highest BCUT2D eigenvalue weighted by atomic mass is 19.1. The van der Waals surface area contributed by atoms with Crippen molar-refractivity contribution in [1.29, 1.82) is 0 Å². The van der Waals surface area contributed by atoms with Crippen LogP contribution in [0.1, 0.15) is 57.6 Å². The highest BCUT2D eigenvalue weighted by Gasteiger charge is 2.26. The minimum absolute atomic E-state index is 0.0602. The van der Waals surface area contributed by atoms with Crippen molar-refractivity contribution in [2.24, 2.45) is 0 Å². The molecule has 0 radical (unpaired) electrons. The molecule has 0 aromatic heterocycles. The molecule has 1 atom stereocenters. The van der Waals surface area contributed by atoms with Gasteiger partial charge in [0.25, 0.3) is 0 Å². The number of amides is 2. The molecule has 2 aromatic carbocycles. The lowest BCUT2D eigenvalue weighted by molar-refractivity contribution is -0.125. The topological polar surface area (TPSA) is 58.6 Å². The summed E-state index contributed by atoms with van der Waals surface area (Å²) in [5, 5.41) is 2.85. The van der Waals surface area contributed by atoms with E-state index in [2.05, 4.69) is 5.32 Å². The Morgan fingerprint density at radius 1 is 0.969 bits per heavy atom. The highest BCUT2D eigenvalue weighted by Crippen LogP contribution is 2.29. The summed E-state index contributed by atoms with van der Waals surface area (Å²) in [5.41, 5.74) is 1.20. The van der Waals surface area contributed by atoms with Gasteiger partial charge in [-0.2, -0.15) is 0 Å². The quantitative estimate of drug-likeness (QED) is 0.564. The molecular weight excluding hydrogens is 414 g/mol. The van der Waals surface area contributed by atoms with E-state index in [0.717, 1.165) is 11.1 Å². The van der Waals surface area contributed by atoms with E-state index in [1.165, 1.54) is 36.2 Å². The Morgan fingerprint density at radius 2 is 1.44 bits per heavy atom. The lowest BCUT2D eigenvalue weighted by atomic mass is 9.87. The van der Waals surface area contributed by atoms with Gasteiger partial charge < -0.3 is 10.1 Å². The Kier molecular flexibility index (Phi) is 8.75. The van der Waals surface area contributed by atoms with Crippen LogP contribution in [0.5, 0.6) is 0 Å². The molecule has 2 aromatic rings. The number of ether oxygens (including phenoxy) is 1. The molecule has 1 N–H and O–H groups in total. The predicted octanol–water partition coefficient (Wildman–Crippen LogP) is 5.25. The molecule has 0 spiro atoms. The Bertz CT molecular complexity index is 847. The average Bonchev–Trinajstić information content (AvgIpc) is 2.73. The maximum atomic E-state index is 13.4. The SMILES string of the molecule is C[C@@H](C(=O)NCCCC(c1ccc(F)cc1)c1ccc(F)cc1)N(C)C(=O)OC(C)(C)C. The fourth-order valence-electron chi connectivity index (χ4n) is 3.25. The van der Waals surface area contributed by atoms with Crippen molar-refractivity contribution >= 4 is 12.0 Å². The molecule has 0 saturated heterocycles. The zero-order valence-electron chi connectivity index (χ0n) is 19.3. The molecule has 174 valence electrons. The minimum Gasteiger partial charge on any atom is -0.444 e. The molecule has 0 unspecified atom stereocenters. The maximum absolute atomic E-state index is 13.4. The van der Waals surface area contributed by atoms with Crippen molar-refractivity contribution in [3.63, 3.8) is 0 Å². The van der Waals surface area contributed by atoms with Crippen LogP contribution in [-0.2, 0) is 9.53 Å². The number of halogens is 2. The average molecular weight is 447 g/mol. The molecule has 0 aliphatic rings. The summed E-state index contributed by atoms with van der Waals surface area (Å²) in [7, 11) is 1.53. The molecule has 0 saturated carbocycles. The first kappa shape index (κ1) is 25.3. The van der Waals surface area contributed by atoms with Crippen LogP contribution in [0.3, 0.4) is 0 Å². The Morgan fingerprint density at radius 3 is 1.88 bits per heavy atom. The standard InChI is InChI=1S/C25H32F2N2O3/c1-17(29(5)24(31)32-25(2,3)4)23(30)28-16-6-7-22(18-8-12-20(26)13-9-18)19-10-14-21(27)15-11-19/h8-15,17,22H,6-7,16H2,1-5H3,(H,28,30)/t17-/m0/s1. The van der Waals surface area contributed by atoms with E-state index in [0.29, 0.717) is 19.4 Å². The van der Waals surface area contributed by atoms with Crippen LogP contribution >= 0.6 is 0 Å². The normalized spacial score (nSPS) is 12.4. The Labute approximate surface area is 188 Å². The molecule has 0 bridgehead atoms. The lowest BCUT2D eigenvalue weighted by Gasteiger charge is -2.28. The van der Waals surface area contributed by atoms with Crippen molar-refractivity contribution in [2.45, 2.75) is 58.1 Å². The number of likely N-dealkylation sites (N-methyl/N-ethyl adjacent to an activating group) is 1. The first-order valence-corrected chi connectivity index (χ1v) is 10.7. The molecule has 5 nitrogen and oxygen atoms in total. The number of benzene rings is 2. The van der Waals surface area contributed by atoms with Crippen LogP contribution in [0.25, 0.3) is 0 Å². The number of rotatable bonds is 8. The summed E-state index contributed by atoms with van der Waals surface area (Å²) >= 11 is 0. The van der Waals surface area contributed by atoms with E-state index >= 15 is 0 Å². The summed E-state index contributed by atoms with van der Waals surface area (Å²) in [6.07, 6.45) is 0.759. The van der Waals surface area contributed by atoms with Crippen molar-refractivity contribution in [3.8, 4) is 0 Å². The summed E-state index contributed by atoms with van der Waals surface area (Å²) in [5.74, 6) is -0.975. The fourth-order valence-corrected chi connectivity index (χ4v) is 3.25. The van der Waals surface area contributed by atoms with Crippen molar-refractivity contribution in [1.82, 2.24) is 10.2 Å². The van der Waals surface area contributed by atoms with Gasteiger partial charge >= 0.3 is 6.09 Å². The van der Waals surface area contributed by atoms with Crippen LogP contribution in [0.2, 0.25) is 0 Å². The van der Waals surface area contributed by atoms with Gasteiger partial charge in [0.1, 0.15) is 23.3 Å². The first-order chi connectivity index (χ1) is 15.0. The Balaban J connectivity index is 1.94. The third kappa shape index (κ3) is 7.62. The van der Waals surface area contributed by atoms with Gasteiger partial charge in [0.15, 0.2) is 0 Å². The van der Waals surface area contributed by atoms with E-state index in [-0.39, 0.29) is 23.5 Å². The smallest absolute Gasteiger partial charge is 0.410 e. The van der Waals surface area contributed by atoms with Gasteiger partial charge in [-0.1, -0.05) is 24.3 Å². The number of hydrogen-bond acceptors (Lipinski definition) is 3.